The lowest BCUT2D eigenvalue weighted by molar-refractivity contribution is 0.132. The summed E-state index contributed by atoms with van der Waals surface area (Å²) in [6.07, 6.45) is 4.51. The number of nitrogens with one attached hydrogen (secondary N) is 1. The Bertz CT molecular complexity index is 896. The number of sulfonamides is 1. The van der Waals surface area contributed by atoms with Crippen LogP contribution in [0.15, 0.2) is 33.7 Å². The Kier molecular flexibility index (Phi) is 3.94. The number of nitrogens with zero attached hydrogens (tertiary/aromatic N) is 1. The average Bonchev–Trinajstić information content (AvgIpc) is 3.26. The standard InChI is InChI=1S/C17H19FN2O4S/c1-10-6-17(19-24-10)20-25(21,22)13-4-5-15(14(18)9-13)23-16-8-11-2-3-12(16)7-11/h4-6,9,11-12,16H,2-3,7-8H2,1H3,(H,19,20)/t11-,12?,16-/m1/s1. The SMILES string of the molecule is Cc1cc(NS(=O)(=O)c2ccc(O[C@@H]3C[C@@H]4CCC3C4)c(F)c2)no1. The van der Waals surface area contributed by atoms with Gasteiger partial charge in [-0.15, -0.1) is 0 Å². The highest BCUT2D eigenvalue weighted by Gasteiger charge is 2.41. The second-order valence-corrected chi connectivity index (χ2v) is 8.53. The van der Waals surface area contributed by atoms with Crippen molar-refractivity contribution in [1.29, 1.82) is 0 Å². The van der Waals surface area contributed by atoms with Crippen molar-refractivity contribution >= 4 is 15.8 Å². The number of aromatic nitrogens is 1. The molecule has 1 unspecified atom stereocenters. The van der Waals surface area contributed by atoms with E-state index in [-0.39, 0.29) is 22.6 Å². The molecule has 2 aliphatic carbocycles. The molecule has 25 heavy (non-hydrogen) atoms. The fourth-order valence-electron chi connectivity index (χ4n) is 3.85. The minimum absolute atomic E-state index is 0.0342. The van der Waals surface area contributed by atoms with Crippen LogP contribution in [0.5, 0.6) is 5.75 Å². The zero-order valence-electron chi connectivity index (χ0n) is 13.7. The van der Waals surface area contributed by atoms with E-state index in [9.17, 15) is 12.8 Å². The van der Waals surface area contributed by atoms with E-state index in [1.807, 2.05) is 0 Å². The third kappa shape index (κ3) is 3.22. The Hall–Kier alpha value is -2.09. The summed E-state index contributed by atoms with van der Waals surface area (Å²) in [5.74, 6) is 1.13. The molecule has 2 fully saturated rings. The van der Waals surface area contributed by atoms with E-state index in [2.05, 4.69) is 9.88 Å². The van der Waals surface area contributed by atoms with Gasteiger partial charge < -0.3 is 9.26 Å². The maximum atomic E-state index is 14.4. The van der Waals surface area contributed by atoms with Crippen molar-refractivity contribution in [2.45, 2.75) is 43.6 Å². The summed E-state index contributed by atoms with van der Waals surface area (Å²) in [6.45, 7) is 1.65. The number of hydrogen-bond acceptors (Lipinski definition) is 5. The van der Waals surface area contributed by atoms with Gasteiger partial charge in [0.15, 0.2) is 17.4 Å². The number of ether oxygens (including phenoxy) is 1. The molecule has 1 heterocycles. The van der Waals surface area contributed by atoms with Gasteiger partial charge in [-0.05, 0) is 62.6 Å². The molecule has 3 atom stereocenters. The quantitative estimate of drug-likeness (QED) is 0.876. The minimum Gasteiger partial charge on any atom is -0.487 e. The fraction of sp³-hybridized carbons (Fsp3) is 0.471. The molecular weight excluding hydrogens is 347 g/mol. The first-order valence-corrected chi connectivity index (χ1v) is 9.81. The van der Waals surface area contributed by atoms with Crippen LogP contribution in [-0.4, -0.2) is 19.7 Å². The lowest BCUT2D eigenvalue weighted by atomic mass is 9.98. The van der Waals surface area contributed by atoms with Crippen LogP contribution in [0.2, 0.25) is 0 Å². The fourth-order valence-corrected chi connectivity index (χ4v) is 4.84. The van der Waals surface area contributed by atoms with E-state index in [1.54, 1.807) is 6.92 Å². The molecule has 1 aromatic heterocycles. The number of aryl methyl sites for hydroxylation is 1. The second kappa shape index (κ2) is 6.01. The molecule has 2 aliphatic rings. The second-order valence-electron chi connectivity index (χ2n) is 6.85. The first-order valence-electron chi connectivity index (χ1n) is 8.33. The first-order chi connectivity index (χ1) is 11.9. The highest BCUT2D eigenvalue weighted by atomic mass is 32.2. The molecular formula is C17H19FN2O4S. The summed E-state index contributed by atoms with van der Waals surface area (Å²) in [7, 11) is -3.94. The van der Waals surface area contributed by atoms with Crippen LogP contribution in [0.25, 0.3) is 0 Å². The van der Waals surface area contributed by atoms with E-state index in [0.717, 1.165) is 25.3 Å². The molecule has 2 bridgehead atoms. The van der Waals surface area contributed by atoms with E-state index in [1.165, 1.54) is 24.6 Å². The van der Waals surface area contributed by atoms with Crippen LogP contribution in [0.1, 0.15) is 31.4 Å². The molecule has 4 rings (SSSR count). The van der Waals surface area contributed by atoms with E-state index >= 15 is 0 Å². The van der Waals surface area contributed by atoms with Crippen molar-refractivity contribution in [3.8, 4) is 5.75 Å². The van der Waals surface area contributed by atoms with Gasteiger partial charge in [0.05, 0.1) is 4.90 Å². The highest BCUT2D eigenvalue weighted by molar-refractivity contribution is 7.92. The lowest BCUT2D eigenvalue weighted by Crippen LogP contribution is -2.24. The maximum Gasteiger partial charge on any atom is 0.263 e. The van der Waals surface area contributed by atoms with Crippen LogP contribution in [-0.2, 0) is 10.0 Å². The Morgan fingerprint density at radius 3 is 2.72 bits per heavy atom. The molecule has 0 aliphatic heterocycles. The average molecular weight is 366 g/mol. The molecule has 2 saturated carbocycles. The number of rotatable bonds is 5. The third-order valence-electron chi connectivity index (χ3n) is 5.03. The molecule has 2 aromatic rings. The highest BCUT2D eigenvalue weighted by Crippen LogP contribution is 2.46. The number of fused-ring (bicyclic) bond motifs is 2. The molecule has 8 heteroatoms. The normalized spacial score (nSPS) is 25.3. The summed E-state index contributed by atoms with van der Waals surface area (Å²) in [5, 5.41) is 3.57. The Morgan fingerprint density at radius 1 is 1.28 bits per heavy atom. The molecule has 134 valence electrons. The minimum atomic E-state index is -3.94. The summed E-state index contributed by atoms with van der Waals surface area (Å²) >= 11 is 0. The topological polar surface area (TPSA) is 81.4 Å². The largest absolute Gasteiger partial charge is 0.487 e. The molecule has 1 aromatic carbocycles. The summed E-state index contributed by atoms with van der Waals surface area (Å²) in [4.78, 5) is -0.189. The summed E-state index contributed by atoms with van der Waals surface area (Å²) in [5.41, 5.74) is 0. The zero-order valence-corrected chi connectivity index (χ0v) is 14.6. The predicted molar refractivity (Wildman–Crippen MR) is 88.3 cm³/mol. The van der Waals surface area contributed by atoms with Crippen LogP contribution < -0.4 is 9.46 Å². The van der Waals surface area contributed by atoms with E-state index in [4.69, 9.17) is 9.26 Å². The van der Waals surface area contributed by atoms with Gasteiger partial charge in [0.2, 0.25) is 0 Å². The van der Waals surface area contributed by atoms with Gasteiger partial charge in [-0.2, -0.15) is 0 Å². The van der Waals surface area contributed by atoms with Crippen molar-refractivity contribution in [1.82, 2.24) is 5.16 Å². The van der Waals surface area contributed by atoms with Gasteiger partial charge in [-0.25, -0.2) is 12.8 Å². The van der Waals surface area contributed by atoms with Crippen LogP contribution >= 0.6 is 0 Å². The van der Waals surface area contributed by atoms with Crippen LogP contribution in [0.3, 0.4) is 0 Å². The number of anilines is 1. The van der Waals surface area contributed by atoms with Gasteiger partial charge in [0.1, 0.15) is 11.9 Å². The molecule has 0 amide bonds. The molecule has 0 spiro atoms. The van der Waals surface area contributed by atoms with Gasteiger partial charge >= 0.3 is 0 Å². The van der Waals surface area contributed by atoms with Gasteiger partial charge in [-0.1, -0.05) is 5.16 Å². The smallest absolute Gasteiger partial charge is 0.263 e. The van der Waals surface area contributed by atoms with Gasteiger partial charge in [0, 0.05) is 6.07 Å². The Balaban J connectivity index is 1.51. The van der Waals surface area contributed by atoms with Crippen molar-refractivity contribution in [2.75, 3.05) is 4.72 Å². The molecule has 6 nitrogen and oxygen atoms in total. The molecule has 0 radical (unpaired) electrons. The lowest BCUT2D eigenvalue weighted by Gasteiger charge is -2.23. The monoisotopic (exact) mass is 366 g/mol. The Labute approximate surface area is 145 Å². The third-order valence-corrected chi connectivity index (χ3v) is 6.38. The Morgan fingerprint density at radius 2 is 2.12 bits per heavy atom. The van der Waals surface area contributed by atoms with Crippen molar-refractivity contribution in [3.63, 3.8) is 0 Å². The van der Waals surface area contributed by atoms with Crippen LogP contribution in [0, 0.1) is 24.6 Å². The number of benzene rings is 1. The molecule has 1 N–H and O–H groups in total. The first kappa shape index (κ1) is 16.4. The summed E-state index contributed by atoms with van der Waals surface area (Å²) < 4.78 is 51.9. The van der Waals surface area contributed by atoms with Gasteiger partial charge in [-0.3, -0.25) is 4.72 Å². The van der Waals surface area contributed by atoms with Crippen LogP contribution in [0.4, 0.5) is 10.2 Å². The molecule has 0 saturated heterocycles. The van der Waals surface area contributed by atoms with Crippen molar-refractivity contribution in [3.05, 3.63) is 35.8 Å². The van der Waals surface area contributed by atoms with Crippen molar-refractivity contribution < 1.29 is 22.1 Å². The number of halogens is 1. The maximum absolute atomic E-state index is 14.4. The van der Waals surface area contributed by atoms with Gasteiger partial charge in [0.25, 0.3) is 10.0 Å². The van der Waals surface area contributed by atoms with Crippen molar-refractivity contribution in [2.24, 2.45) is 11.8 Å². The van der Waals surface area contributed by atoms with E-state index < -0.39 is 15.8 Å². The van der Waals surface area contributed by atoms with E-state index in [0.29, 0.717) is 17.6 Å². The summed E-state index contributed by atoms with van der Waals surface area (Å²) in [6, 6.07) is 5.13. The zero-order chi connectivity index (χ0) is 17.6. The predicted octanol–water partition coefficient (Wildman–Crippen LogP) is 3.49. The number of hydrogen-bond donors (Lipinski definition) is 1.